The molecule has 71 valence electrons. The highest BCUT2D eigenvalue weighted by Gasteiger charge is 1.94. The van der Waals surface area contributed by atoms with Crippen molar-refractivity contribution in [2.75, 3.05) is 0 Å². The lowest BCUT2D eigenvalue weighted by Gasteiger charge is -1.99. The summed E-state index contributed by atoms with van der Waals surface area (Å²) < 4.78 is 0. The van der Waals surface area contributed by atoms with Crippen molar-refractivity contribution in [2.45, 2.75) is 25.7 Å². The lowest BCUT2D eigenvalue weighted by Crippen LogP contribution is -1.86. The van der Waals surface area contributed by atoms with E-state index in [9.17, 15) is 4.79 Å². The van der Waals surface area contributed by atoms with E-state index >= 15 is 0 Å². The van der Waals surface area contributed by atoms with Crippen LogP contribution in [-0.4, -0.2) is 6.29 Å². The van der Waals surface area contributed by atoms with E-state index in [1.807, 2.05) is 30.6 Å². The van der Waals surface area contributed by atoms with Crippen LogP contribution in [0, 0.1) is 11.3 Å². The first-order valence-corrected chi connectivity index (χ1v) is 4.71. The Morgan fingerprint density at radius 1 is 1.14 bits per heavy atom. The van der Waals surface area contributed by atoms with E-state index in [1.165, 1.54) is 5.56 Å². The molecule has 0 saturated carbocycles. The molecule has 0 unspecified atom stereocenters. The Balaban J connectivity index is 2.37. The van der Waals surface area contributed by atoms with Gasteiger partial charge in [-0.15, -0.1) is 0 Å². The zero-order chi connectivity index (χ0) is 10.2. The zero-order valence-electron chi connectivity index (χ0n) is 7.99. The molecule has 2 nitrogen and oxygen atoms in total. The molecule has 0 bridgehead atoms. The van der Waals surface area contributed by atoms with Crippen LogP contribution < -0.4 is 0 Å². The maximum atomic E-state index is 9.94. The summed E-state index contributed by atoms with van der Waals surface area (Å²) in [7, 11) is 0. The average molecular weight is 186 g/mol. The Morgan fingerprint density at radius 3 is 2.43 bits per heavy atom. The third kappa shape index (κ3) is 3.40. The first-order chi connectivity index (χ1) is 6.86. The largest absolute Gasteiger partial charge is 0.291 e. The number of hydrogen-bond donors (Lipinski definition) is 0. The van der Waals surface area contributed by atoms with Gasteiger partial charge < -0.3 is 0 Å². The zero-order valence-corrected chi connectivity index (χ0v) is 7.99. The lowest BCUT2D eigenvalue weighted by atomic mass is 10.1. The number of rotatable bonds is 5. The highest BCUT2D eigenvalue weighted by molar-refractivity contribution is 5.50. The van der Waals surface area contributed by atoms with E-state index in [-0.39, 0.29) is 0 Å². The van der Waals surface area contributed by atoms with Crippen LogP contribution in [0.3, 0.4) is 0 Å². The van der Waals surface area contributed by atoms with Gasteiger partial charge in [-0.2, -0.15) is 5.26 Å². The molecule has 14 heavy (non-hydrogen) atoms. The van der Waals surface area contributed by atoms with Gasteiger partial charge in [-0.1, -0.05) is 12.1 Å². The van der Waals surface area contributed by atoms with E-state index in [2.05, 4.69) is 6.07 Å². The van der Waals surface area contributed by atoms with Crippen LogP contribution in [0.2, 0.25) is 0 Å². The van der Waals surface area contributed by atoms with Crippen molar-refractivity contribution in [3.05, 3.63) is 35.4 Å². The van der Waals surface area contributed by atoms with E-state index < -0.39 is 0 Å². The van der Waals surface area contributed by atoms with Crippen LogP contribution in [0.5, 0.6) is 0 Å². The minimum absolute atomic E-state index is 0.524. The molecule has 0 spiro atoms. The van der Waals surface area contributed by atoms with Crippen molar-refractivity contribution < 1.29 is 4.79 Å². The van der Waals surface area contributed by atoms with Gasteiger partial charge in [0.15, 0.2) is 6.29 Å². The van der Waals surface area contributed by atoms with Crippen molar-refractivity contribution in [3.63, 3.8) is 0 Å². The molecule has 1 aromatic carbocycles. The topological polar surface area (TPSA) is 40.9 Å². The second-order valence-electron chi connectivity index (χ2n) is 3.16. The number of nitrogens with zero attached hydrogens (tertiary/aromatic N) is 1. The molecule has 1 aromatic rings. The van der Waals surface area contributed by atoms with Crippen LogP contribution in [0.4, 0.5) is 0 Å². The number of carbonyl (C=O) groups excluding carboxylic acids is 1. The Hall–Kier alpha value is -1.62. The normalized spacial score (nSPS) is 9.36. The van der Waals surface area contributed by atoms with Crippen LogP contribution in [-0.2, 0) is 11.2 Å². The third-order valence-electron chi connectivity index (χ3n) is 2.08. The smallest absolute Gasteiger partial charge is 0.198 e. The quantitative estimate of drug-likeness (QED) is 0.662. The van der Waals surface area contributed by atoms with Gasteiger partial charge in [0.05, 0.1) is 11.6 Å². The van der Waals surface area contributed by atoms with Gasteiger partial charge in [0.1, 0.15) is 0 Å². The number of nitriles is 1. The molecule has 0 amide bonds. The molecule has 0 aliphatic rings. The first kappa shape index (κ1) is 10.5. The van der Waals surface area contributed by atoms with Crippen molar-refractivity contribution >= 4 is 6.29 Å². The number of hydrogen-bond acceptors (Lipinski definition) is 2. The first-order valence-electron chi connectivity index (χ1n) is 4.71. The molecular weight excluding hydrogens is 174 g/mol. The molecule has 0 aliphatic carbocycles. The monoisotopic (exact) mass is 186 g/mol. The maximum absolute atomic E-state index is 9.94. The van der Waals surface area contributed by atoms with E-state index in [0.717, 1.165) is 19.3 Å². The van der Waals surface area contributed by atoms with Crippen LogP contribution in [0.15, 0.2) is 24.3 Å². The highest BCUT2D eigenvalue weighted by Crippen LogP contribution is 2.07. The second kappa shape index (κ2) is 5.93. The van der Waals surface area contributed by atoms with Gasteiger partial charge in [0, 0.05) is 6.42 Å². The predicted molar refractivity (Wildman–Crippen MR) is 54.4 cm³/mol. The van der Waals surface area contributed by atoms with Crippen molar-refractivity contribution in [3.8, 4) is 6.07 Å². The van der Waals surface area contributed by atoms with Crippen molar-refractivity contribution in [1.82, 2.24) is 0 Å². The van der Waals surface area contributed by atoms with Crippen LogP contribution in [0.25, 0.3) is 0 Å². The summed E-state index contributed by atoms with van der Waals surface area (Å²) in [6, 6.07) is 9.64. The maximum Gasteiger partial charge on any atom is 0.198 e. The fraction of sp³-hybridized carbons (Fsp3) is 0.333. The second-order valence-corrected chi connectivity index (χ2v) is 3.16. The molecule has 1 radical (unpaired) electrons. The molecule has 0 atom stereocenters. The van der Waals surface area contributed by atoms with E-state index in [4.69, 9.17) is 5.26 Å². The van der Waals surface area contributed by atoms with E-state index in [1.54, 1.807) is 0 Å². The summed E-state index contributed by atoms with van der Waals surface area (Å²) >= 11 is 0. The van der Waals surface area contributed by atoms with Gasteiger partial charge in [0.2, 0.25) is 0 Å². The Bertz CT molecular complexity index is 321. The van der Waals surface area contributed by atoms with E-state index in [0.29, 0.717) is 12.0 Å². The van der Waals surface area contributed by atoms with Crippen molar-refractivity contribution in [2.24, 2.45) is 0 Å². The molecule has 0 N–H and O–H groups in total. The standard InChI is InChI=1S/C12H12NO/c13-10-12-7-5-11(6-8-12)4-2-1-3-9-14/h5-8H,1-4H2. The minimum Gasteiger partial charge on any atom is -0.291 e. The van der Waals surface area contributed by atoms with Gasteiger partial charge in [-0.05, 0) is 37.0 Å². The molecule has 2 heteroatoms. The van der Waals surface area contributed by atoms with Crippen molar-refractivity contribution in [1.29, 1.82) is 5.26 Å². The number of aryl methyl sites for hydroxylation is 1. The summed E-state index contributed by atoms with van der Waals surface area (Å²) in [5, 5.41) is 8.58. The summed E-state index contributed by atoms with van der Waals surface area (Å²) in [4.78, 5) is 9.94. The molecule has 0 fully saturated rings. The summed E-state index contributed by atoms with van der Waals surface area (Å²) in [5.74, 6) is 0. The SMILES string of the molecule is N#Cc1ccc(CCCC[C]=O)cc1. The molecule has 0 aliphatic heterocycles. The fourth-order valence-electron chi connectivity index (χ4n) is 1.27. The van der Waals surface area contributed by atoms with Crippen LogP contribution in [0.1, 0.15) is 30.4 Å². The molecular formula is C12H12NO. The Kier molecular flexibility index (Phi) is 4.43. The Morgan fingerprint density at radius 2 is 1.86 bits per heavy atom. The van der Waals surface area contributed by atoms with Gasteiger partial charge in [-0.25, -0.2) is 0 Å². The highest BCUT2D eigenvalue weighted by atomic mass is 16.1. The predicted octanol–water partition coefficient (Wildman–Crippen LogP) is 2.38. The fourth-order valence-corrected chi connectivity index (χ4v) is 1.27. The number of unbranched alkanes of at least 4 members (excludes halogenated alkanes) is 2. The molecule has 0 aromatic heterocycles. The lowest BCUT2D eigenvalue weighted by molar-refractivity contribution is 0.546. The average Bonchev–Trinajstić information content (AvgIpc) is 2.25. The van der Waals surface area contributed by atoms with Gasteiger partial charge in [-0.3, -0.25) is 4.79 Å². The molecule has 0 heterocycles. The van der Waals surface area contributed by atoms with Crippen LogP contribution >= 0.6 is 0 Å². The summed E-state index contributed by atoms with van der Waals surface area (Å²) in [5.41, 5.74) is 1.91. The number of benzene rings is 1. The minimum atomic E-state index is 0.524. The summed E-state index contributed by atoms with van der Waals surface area (Å²) in [6.07, 6.45) is 5.26. The Labute approximate surface area is 84.2 Å². The third-order valence-corrected chi connectivity index (χ3v) is 2.08. The molecule has 0 saturated heterocycles. The van der Waals surface area contributed by atoms with Gasteiger partial charge >= 0.3 is 0 Å². The van der Waals surface area contributed by atoms with Gasteiger partial charge in [0.25, 0.3) is 0 Å². The summed E-state index contributed by atoms with van der Waals surface area (Å²) in [6.45, 7) is 0. The molecule has 1 rings (SSSR count).